The Morgan fingerprint density at radius 3 is 2.06 bits per heavy atom. The highest BCUT2D eigenvalue weighted by Crippen LogP contribution is 2.28. The van der Waals surface area contributed by atoms with Crippen LogP contribution in [0.15, 0.2) is 45.7 Å². The van der Waals surface area contributed by atoms with Gasteiger partial charge in [-0.1, -0.05) is 35.4 Å². The van der Waals surface area contributed by atoms with Gasteiger partial charge in [0.25, 0.3) is 0 Å². The van der Waals surface area contributed by atoms with E-state index in [1.807, 2.05) is 51.1 Å². The zero-order valence-electron chi connectivity index (χ0n) is 10.6. The predicted molar refractivity (Wildman–Crippen MR) is 67.5 cm³/mol. The van der Waals surface area contributed by atoms with Gasteiger partial charge < -0.3 is 0 Å². The summed E-state index contributed by atoms with van der Waals surface area (Å²) in [4.78, 5) is 2.86. The fourth-order valence-corrected chi connectivity index (χ4v) is 1.22. The van der Waals surface area contributed by atoms with Crippen LogP contribution in [0.4, 0.5) is 0 Å². The average Bonchev–Trinajstić information content (AvgIpc) is 2.27. The normalized spacial score (nSPS) is 15.3. The first kappa shape index (κ1) is 13.2. The summed E-state index contributed by atoms with van der Waals surface area (Å²) in [5.41, 5.74) is 8.20. The third kappa shape index (κ3) is 3.89. The van der Waals surface area contributed by atoms with Gasteiger partial charge in [-0.3, -0.25) is 0 Å². The van der Waals surface area contributed by atoms with E-state index >= 15 is 0 Å². The lowest BCUT2D eigenvalue weighted by Crippen LogP contribution is -2.17. The minimum absolute atomic E-state index is 0.291. The van der Waals surface area contributed by atoms with E-state index in [1.165, 1.54) is 0 Å². The topological polar surface area (TPSA) is 73.5 Å². The molecule has 90 valence electrons. The SMILES string of the molecule is CC(C)(C)N=NC(C)(N=[N+]=[N-])c1ccccc1. The van der Waals surface area contributed by atoms with Crippen LogP contribution in [0.2, 0.25) is 0 Å². The molecule has 0 N–H and O–H groups in total. The van der Waals surface area contributed by atoms with Gasteiger partial charge in [-0.15, -0.1) is 0 Å². The number of azo groups is 1. The third-order valence-electron chi connectivity index (χ3n) is 2.10. The largest absolute Gasteiger partial charge is 0.187 e. The van der Waals surface area contributed by atoms with Crippen LogP contribution in [0.3, 0.4) is 0 Å². The lowest BCUT2D eigenvalue weighted by Gasteiger charge is -2.20. The third-order valence-corrected chi connectivity index (χ3v) is 2.10. The van der Waals surface area contributed by atoms with Crippen molar-refractivity contribution in [3.8, 4) is 0 Å². The number of hydrogen-bond donors (Lipinski definition) is 0. The second-order valence-electron chi connectivity index (χ2n) is 4.95. The maximum atomic E-state index is 8.65. The number of benzene rings is 1. The molecule has 0 radical (unpaired) electrons. The van der Waals surface area contributed by atoms with Gasteiger partial charge in [0, 0.05) is 4.91 Å². The maximum Gasteiger partial charge on any atom is 0.182 e. The molecule has 0 aliphatic heterocycles. The Morgan fingerprint density at radius 1 is 1.00 bits per heavy atom. The van der Waals surface area contributed by atoms with Crippen molar-refractivity contribution in [3.63, 3.8) is 0 Å². The van der Waals surface area contributed by atoms with Crippen molar-refractivity contribution in [1.82, 2.24) is 0 Å². The van der Waals surface area contributed by atoms with Gasteiger partial charge in [0.05, 0.1) is 5.54 Å². The first-order valence-corrected chi connectivity index (χ1v) is 5.43. The van der Waals surface area contributed by atoms with E-state index in [0.29, 0.717) is 0 Å². The molecule has 0 saturated heterocycles. The molecule has 5 nitrogen and oxygen atoms in total. The molecular formula is C12H17N5. The van der Waals surface area contributed by atoms with E-state index in [0.717, 1.165) is 5.56 Å². The van der Waals surface area contributed by atoms with Crippen molar-refractivity contribution in [2.45, 2.75) is 38.9 Å². The molecule has 1 aromatic carbocycles. The number of azide groups is 1. The van der Waals surface area contributed by atoms with Crippen LogP contribution in [0.5, 0.6) is 0 Å². The monoisotopic (exact) mass is 231 g/mol. The summed E-state index contributed by atoms with van der Waals surface area (Å²) in [6.45, 7) is 7.57. The molecule has 0 aliphatic carbocycles. The van der Waals surface area contributed by atoms with Crippen molar-refractivity contribution < 1.29 is 0 Å². The van der Waals surface area contributed by atoms with Crippen LogP contribution in [-0.2, 0) is 5.66 Å². The Hall–Kier alpha value is -1.87. The number of nitrogens with zero attached hydrogens (tertiary/aromatic N) is 5. The van der Waals surface area contributed by atoms with Gasteiger partial charge in [-0.05, 0) is 38.8 Å². The fraction of sp³-hybridized carbons (Fsp3) is 0.500. The Labute approximate surface area is 101 Å². The molecule has 0 saturated carbocycles. The summed E-state index contributed by atoms with van der Waals surface area (Å²) in [5.74, 6) is 0. The second kappa shape index (κ2) is 4.97. The first-order valence-electron chi connectivity index (χ1n) is 5.43. The molecule has 0 bridgehead atoms. The summed E-state index contributed by atoms with van der Waals surface area (Å²) in [7, 11) is 0. The van der Waals surface area contributed by atoms with Gasteiger partial charge in [0.15, 0.2) is 5.66 Å². The second-order valence-corrected chi connectivity index (χ2v) is 4.95. The highest BCUT2D eigenvalue weighted by Gasteiger charge is 2.25. The smallest absolute Gasteiger partial charge is 0.182 e. The standard InChI is InChI=1S/C12H17N5/c1-11(2,3)14-15-12(4,16-17-13)10-8-6-5-7-9-10/h5-9H,1-4H3. The molecule has 1 unspecified atom stereocenters. The summed E-state index contributed by atoms with van der Waals surface area (Å²) in [6, 6.07) is 9.41. The predicted octanol–water partition coefficient (Wildman–Crippen LogP) is 4.42. The number of hydrogen-bond acceptors (Lipinski definition) is 3. The Balaban J connectivity index is 3.16. The zero-order chi connectivity index (χ0) is 12.9. The van der Waals surface area contributed by atoms with Gasteiger partial charge >= 0.3 is 0 Å². The van der Waals surface area contributed by atoms with E-state index in [-0.39, 0.29) is 5.54 Å². The van der Waals surface area contributed by atoms with E-state index in [9.17, 15) is 0 Å². The van der Waals surface area contributed by atoms with Crippen LogP contribution in [-0.4, -0.2) is 5.54 Å². The molecular weight excluding hydrogens is 214 g/mol. The van der Waals surface area contributed by atoms with Crippen molar-refractivity contribution in [3.05, 3.63) is 46.3 Å². The molecule has 0 aliphatic rings. The Kier molecular flexibility index (Phi) is 3.86. The van der Waals surface area contributed by atoms with Gasteiger partial charge in [-0.2, -0.15) is 10.2 Å². The highest BCUT2D eigenvalue weighted by atomic mass is 15.3. The molecule has 0 heterocycles. The van der Waals surface area contributed by atoms with Crippen molar-refractivity contribution in [1.29, 1.82) is 0 Å². The van der Waals surface area contributed by atoms with Crippen LogP contribution < -0.4 is 0 Å². The molecule has 1 rings (SSSR count). The van der Waals surface area contributed by atoms with E-state index in [4.69, 9.17) is 5.53 Å². The van der Waals surface area contributed by atoms with Crippen molar-refractivity contribution in [2.75, 3.05) is 0 Å². The van der Waals surface area contributed by atoms with Gasteiger partial charge in [0.1, 0.15) is 0 Å². The van der Waals surface area contributed by atoms with Crippen LogP contribution >= 0.6 is 0 Å². The molecule has 17 heavy (non-hydrogen) atoms. The van der Waals surface area contributed by atoms with Crippen LogP contribution in [0, 0.1) is 0 Å². The van der Waals surface area contributed by atoms with E-state index < -0.39 is 5.66 Å². The molecule has 0 aromatic heterocycles. The maximum absolute atomic E-state index is 8.65. The van der Waals surface area contributed by atoms with Crippen LogP contribution in [0.25, 0.3) is 10.4 Å². The summed E-state index contributed by atoms with van der Waals surface area (Å²) in [6.07, 6.45) is 0. The molecule has 0 fully saturated rings. The minimum atomic E-state index is -0.983. The fourth-order valence-electron chi connectivity index (χ4n) is 1.22. The average molecular weight is 231 g/mol. The summed E-state index contributed by atoms with van der Waals surface area (Å²) < 4.78 is 0. The van der Waals surface area contributed by atoms with E-state index in [2.05, 4.69) is 20.3 Å². The van der Waals surface area contributed by atoms with Crippen LogP contribution in [0.1, 0.15) is 33.3 Å². The Bertz CT molecular complexity index is 440. The first-order chi connectivity index (χ1) is 7.87. The Morgan fingerprint density at radius 2 is 1.59 bits per heavy atom. The lowest BCUT2D eigenvalue weighted by atomic mass is 10.0. The van der Waals surface area contributed by atoms with Crippen molar-refractivity contribution >= 4 is 0 Å². The molecule has 0 spiro atoms. The summed E-state index contributed by atoms with van der Waals surface area (Å²) >= 11 is 0. The molecule has 1 aromatic rings. The summed E-state index contributed by atoms with van der Waals surface area (Å²) in [5, 5.41) is 12.1. The highest BCUT2D eigenvalue weighted by molar-refractivity contribution is 5.22. The van der Waals surface area contributed by atoms with Gasteiger partial charge in [-0.25, -0.2) is 0 Å². The zero-order valence-corrected chi connectivity index (χ0v) is 10.6. The number of rotatable bonds is 3. The van der Waals surface area contributed by atoms with E-state index in [1.54, 1.807) is 6.92 Å². The van der Waals surface area contributed by atoms with Crippen molar-refractivity contribution in [2.24, 2.45) is 15.3 Å². The molecule has 0 amide bonds. The van der Waals surface area contributed by atoms with Gasteiger partial charge in [0.2, 0.25) is 0 Å². The molecule has 5 heteroatoms. The molecule has 1 atom stereocenters. The minimum Gasteiger partial charge on any atom is -0.187 e. The quantitative estimate of drug-likeness (QED) is 0.419. The lowest BCUT2D eigenvalue weighted by molar-refractivity contribution is 0.433.